The third-order valence-electron chi connectivity index (χ3n) is 1.24. The van der Waals surface area contributed by atoms with Gasteiger partial charge in [0.05, 0.1) is 0 Å². The van der Waals surface area contributed by atoms with E-state index in [1.54, 1.807) is 0 Å². The van der Waals surface area contributed by atoms with Crippen LogP contribution in [0.3, 0.4) is 0 Å². The molecule has 0 bridgehead atoms. The maximum absolute atomic E-state index is 3.58. The van der Waals surface area contributed by atoms with Crippen LogP contribution < -0.4 is 0 Å². The Labute approximate surface area is 58.3 Å². The standard InChI is InChI=1S/C6H15Si2/c1-3-4-8-5-6(2)7/h6H,3-5,8H2,1-2H3. The van der Waals surface area contributed by atoms with Crippen LogP contribution in [0.5, 0.6) is 0 Å². The molecule has 0 aromatic carbocycles. The fourth-order valence-electron chi connectivity index (χ4n) is 0.701. The highest BCUT2D eigenvalue weighted by Crippen LogP contribution is 2.04. The van der Waals surface area contributed by atoms with Gasteiger partial charge in [0.15, 0.2) is 0 Å². The molecular formula is C6H15Si2. The SMILES string of the molecule is CCC[SiH2]CC(C)[Si]. The molecule has 0 amide bonds. The van der Waals surface area contributed by atoms with Crippen LogP contribution in [0.25, 0.3) is 0 Å². The molecule has 0 aliphatic rings. The summed E-state index contributed by atoms with van der Waals surface area (Å²) in [4.78, 5) is 0. The van der Waals surface area contributed by atoms with Crippen molar-refractivity contribution in [2.75, 3.05) is 0 Å². The Morgan fingerprint density at radius 2 is 2.25 bits per heavy atom. The van der Waals surface area contributed by atoms with Crippen molar-refractivity contribution >= 4 is 19.8 Å². The molecule has 0 aromatic heterocycles. The van der Waals surface area contributed by atoms with Gasteiger partial charge >= 0.3 is 0 Å². The maximum Gasteiger partial charge on any atom is 0.0258 e. The maximum atomic E-state index is 3.58. The van der Waals surface area contributed by atoms with Gasteiger partial charge in [-0.1, -0.05) is 37.9 Å². The summed E-state index contributed by atoms with van der Waals surface area (Å²) in [5, 5.41) is 0. The first-order valence-corrected chi connectivity index (χ1v) is 6.06. The third-order valence-corrected chi connectivity index (χ3v) is 4.59. The Kier molecular flexibility index (Phi) is 5.87. The summed E-state index contributed by atoms with van der Waals surface area (Å²) in [6.45, 7) is 4.50. The lowest BCUT2D eigenvalue weighted by molar-refractivity contribution is 1.02. The smallest absolute Gasteiger partial charge is 0.0258 e. The van der Waals surface area contributed by atoms with E-state index in [1.807, 2.05) is 0 Å². The molecular weight excluding hydrogens is 128 g/mol. The second kappa shape index (κ2) is 5.57. The van der Waals surface area contributed by atoms with Gasteiger partial charge in [-0.05, 0) is 0 Å². The Morgan fingerprint density at radius 3 is 2.62 bits per heavy atom. The Hall–Kier alpha value is 0.434. The Bertz CT molecular complexity index is 43.8. The van der Waals surface area contributed by atoms with Crippen molar-refractivity contribution in [1.82, 2.24) is 0 Å². The van der Waals surface area contributed by atoms with Gasteiger partial charge in [0.1, 0.15) is 0 Å². The molecule has 0 heterocycles. The van der Waals surface area contributed by atoms with Crippen molar-refractivity contribution in [3.05, 3.63) is 0 Å². The molecule has 1 atom stereocenters. The van der Waals surface area contributed by atoms with Crippen LogP contribution in [0.15, 0.2) is 0 Å². The minimum absolute atomic E-state index is 0.315. The molecule has 0 aromatic rings. The van der Waals surface area contributed by atoms with Gasteiger partial charge in [0, 0.05) is 19.8 Å². The second-order valence-corrected chi connectivity index (χ2v) is 5.37. The fraction of sp³-hybridized carbons (Fsp3) is 1.00. The van der Waals surface area contributed by atoms with Gasteiger partial charge in [-0.2, -0.15) is 0 Å². The molecule has 0 spiro atoms. The van der Waals surface area contributed by atoms with Crippen molar-refractivity contribution in [3.63, 3.8) is 0 Å². The molecule has 0 N–H and O–H groups in total. The molecule has 2 heteroatoms. The minimum Gasteiger partial charge on any atom is -0.0659 e. The zero-order valence-electron chi connectivity index (χ0n) is 5.91. The van der Waals surface area contributed by atoms with Gasteiger partial charge in [0.2, 0.25) is 0 Å². The highest BCUT2D eigenvalue weighted by Gasteiger charge is 1.91. The predicted octanol–water partition coefficient (Wildman–Crippen LogP) is 1.38. The van der Waals surface area contributed by atoms with Crippen LogP contribution >= 0.6 is 0 Å². The first kappa shape index (κ1) is 8.43. The normalized spacial score (nSPS) is 15.4. The van der Waals surface area contributed by atoms with Crippen LogP contribution in [0, 0.1) is 0 Å². The summed E-state index contributed by atoms with van der Waals surface area (Å²) in [5.41, 5.74) is 0.771. The van der Waals surface area contributed by atoms with E-state index in [-0.39, 0.29) is 0 Å². The van der Waals surface area contributed by atoms with Gasteiger partial charge in [-0.15, -0.1) is 0 Å². The van der Waals surface area contributed by atoms with E-state index >= 15 is 0 Å². The number of rotatable bonds is 4. The molecule has 0 fully saturated rings. The summed E-state index contributed by atoms with van der Waals surface area (Å²) in [5.74, 6) is 0. The van der Waals surface area contributed by atoms with Crippen LogP contribution in [0.2, 0.25) is 17.6 Å². The zero-order chi connectivity index (χ0) is 6.41. The van der Waals surface area contributed by atoms with Crippen LogP contribution in [0.4, 0.5) is 0 Å². The summed E-state index contributed by atoms with van der Waals surface area (Å²) in [7, 11) is 3.90. The molecule has 0 aliphatic carbocycles. The molecule has 0 rings (SSSR count). The van der Waals surface area contributed by atoms with Gasteiger partial charge in [-0.25, -0.2) is 0 Å². The van der Waals surface area contributed by atoms with Crippen LogP contribution in [0.1, 0.15) is 20.3 Å². The number of hydrogen-bond donors (Lipinski definition) is 0. The van der Waals surface area contributed by atoms with E-state index in [0.29, 0.717) is 9.52 Å². The van der Waals surface area contributed by atoms with Gasteiger partial charge in [-0.3, -0.25) is 0 Å². The second-order valence-electron chi connectivity index (χ2n) is 2.40. The zero-order valence-corrected chi connectivity index (χ0v) is 8.32. The average Bonchev–Trinajstić information content (AvgIpc) is 1.66. The number of hydrogen-bond acceptors (Lipinski definition) is 0. The molecule has 47 valence electrons. The highest BCUT2D eigenvalue weighted by molar-refractivity contribution is 6.37. The van der Waals surface area contributed by atoms with Crippen molar-refractivity contribution in [2.45, 2.75) is 37.9 Å². The van der Waals surface area contributed by atoms with Crippen molar-refractivity contribution in [2.24, 2.45) is 0 Å². The van der Waals surface area contributed by atoms with Crippen LogP contribution in [-0.2, 0) is 0 Å². The van der Waals surface area contributed by atoms with E-state index < -0.39 is 0 Å². The Balaban J connectivity index is 2.72. The van der Waals surface area contributed by atoms with Crippen LogP contribution in [-0.4, -0.2) is 19.8 Å². The van der Waals surface area contributed by atoms with Gasteiger partial charge in [0.25, 0.3) is 0 Å². The molecule has 0 aliphatic heterocycles. The van der Waals surface area contributed by atoms with E-state index in [4.69, 9.17) is 0 Å². The van der Waals surface area contributed by atoms with E-state index in [0.717, 1.165) is 5.54 Å². The van der Waals surface area contributed by atoms with Crippen molar-refractivity contribution < 1.29 is 0 Å². The lowest BCUT2D eigenvalue weighted by Crippen LogP contribution is -1.92. The highest BCUT2D eigenvalue weighted by atomic mass is 28.2. The predicted molar refractivity (Wildman–Crippen MR) is 43.6 cm³/mol. The topological polar surface area (TPSA) is 0 Å². The minimum atomic E-state index is 0.315. The molecule has 3 radical (unpaired) electrons. The molecule has 8 heavy (non-hydrogen) atoms. The van der Waals surface area contributed by atoms with E-state index in [9.17, 15) is 0 Å². The monoisotopic (exact) mass is 143 g/mol. The average molecular weight is 143 g/mol. The first-order valence-electron chi connectivity index (χ1n) is 3.48. The largest absolute Gasteiger partial charge is 0.0659 e. The molecule has 0 nitrogen and oxygen atoms in total. The molecule has 0 saturated heterocycles. The van der Waals surface area contributed by atoms with Crippen molar-refractivity contribution in [3.8, 4) is 0 Å². The lowest BCUT2D eigenvalue weighted by Gasteiger charge is -1.99. The fourth-order valence-corrected chi connectivity index (χ4v) is 2.71. The third kappa shape index (κ3) is 6.43. The summed E-state index contributed by atoms with van der Waals surface area (Å²) < 4.78 is 0. The van der Waals surface area contributed by atoms with E-state index in [1.165, 1.54) is 18.5 Å². The van der Waals surface area contributed by atoms with Gasteiger partial charge < -0.3 is 0 Å². The Morgan fingerprint density at radius 1 is 1.62 bits per heavy atom. The summed E-state index contributed by atoms with van der Waals surface area (Å²) in [6.07, 6.45) is 1.39. The van der Waals surface area contributed by atoms with Crippen molar-refractivity contribution in [1.29, 1.82) is 0 Å². The summed E-state index contributed by atoms with van der Waals surface area (Å²) >= 11 is 0. The quantitative estimate of drug-likeness (QED) is 0.412. The summed E-state index contributed by atoms with van der Waals surface area (Å²) in [6, 6.07) is 2.99. The van der Waals surface area contributed by atoms with E-state index in [2.05, 4.69) is 24.1 Å². The first-order chi connectivity index (χ1) is 3.77. The lowest BCUT2D eigenvalue weighted by atomic mass is 10.5. The molecule has 0 saturated carbocycles. The molecule has 1 unspecified atom stereocenters.